The molecule has 0 radical (unpaired) electrons. The number of carboxylic acid groups (broad SMARTS) is 1. The van der Waals surface area contributed by atoms with E-state index >= 15 is 0 Å². The van der Waals surface area contributed by atoms with Crippen molar-refractivity contribution in [3.8, 4) is 0 Å². The molecular formula is C14H23N3O3. The van der Waals surface area contributed by atoms with Gasteiger partial charge >= 0.3 is 5.97 Å². The summed E-state index contributed by atoms with van der Waals surface area (Å²) >= 11 is 0. The first-order chi connectivity index (χ1) is 9.40. The SMILES string of the molecule is CCC[C@@H](NC(=O)c1cc(C(C)C)nn1CC)C(=O)O. The number of aromatic nitrogens is 2. The maximum absolute atomic E-state index is 12.2. The van der Waals surface area contributed by atoms with Crippen LogP contribution in [0, 0.1) is 0 Å². The first-order valence-electron chi connectivity index (χ1n) is 7.02. The third-order valence-corrected chi connectivity index (χ3v) is 3.10. The Bertz CT molecular complexity index is 480. The molecule has 1 aromatic rings. The van der Waals surface area contributed by atoms with Crippen molar-refractivity contribution in [2.45, 2.75) is 59.0 Å². The van der Waals surface area contributed by atoms with Crippen molar-refractivity contribution in [1.29, 1.82) is 0 Å². The minimum Gasteiger partial charge on any atom is -0.480 e. The van der Waals surface area contributed by atoms with E-state index in [1.807, 2.05) is 27.7 Å². The van der Waals surface area contributed by atoms with Crippen LogP contribution in [0.4, 0.5) is 0 Å². The Hall–Kier alpha value is -1.85. The van der Waals surface area contributed by atoms with Crippen molar-refractivity contribution in [3.63, 3.8) is 0 Å². The molecule has 0 saturated heterocycles. The minimum atomic E-state index is -1.01. The molecule has 1 amide bonds. The molecule has 0 aliphatic rings. The third kappa shape index (κ3) is 3.82. The maximum atomic E-state index is 12.2. The fourth-order valence-electron chi connectivity index (χ4n) is 1.92. The molecule has 0 saturated carbocycles. The molecule has 1 heterocycles. The number of hydrogen-bond acceptors (Lipinski definition) is 3. The average molecular weight is 281 g/mol. The molecule has 0 aliphatic heterocycles. The second-order valence-electron chi connectivity index (χ2n) is 5.08. The average Bonchev–Trinajstić information content (AvgIpc) is 2.82. The monoisotopic (exact) mass is 281 g/mol. The summed E-state index contributed by atoms with van der Waals surface area (Å²) in [6.07, 6.45) is 1.11. The van der Waals surface area contributed by atoms with Gasteiger partial charge in [0, 0.05) is 6.54 Å². The van der Waals surface area contributed by atoms with Gasteiger partial charge in [-0.05, 0) is 25.3 Å². The Kier molecular flexibility index (Phi) is 5.73. The summed E-state index contributed by atoms with van der Waals surface area (Å²) in [7, 11) is 0. The molecule has 0 fully saturated rings. The molecule has 112 valence electrons. The summed E-state index contributed by atoms with van der Waals surface area (Å²) in [6, 6.07) is 0.879. The van der Waals surface area contributed by atoms with Crippen molar-refractivity contribution in [3.05, 3.63) is 17.5 Å². The van der Waals surface area contributed by atoms with Crippen LogP contribution in [0.25, 0.3) is 0 Å². The second-order valence-corrected chi connectivity index (χ2v) is 5.08. The zero-order valence-corrected chi connectivity index (χ0v) is 12.5. The lowest BCUT2D eigenvalue weighted by Gasteiger charge is -2.13. The van der Waals surface area contributed by atoms with Gasteiger partial charge in [-0.25, -0.2) is 4.79 Å². The van der Waals surface area contributed by atoms with Gasteiger partial charge in [-0.15, -0.1) is 0 Å². The first kappa shape index (κ1) is 16.2. The quantitative estimate of drug-likeness (QED) is 0.800. The number of hydrogen-bond donors (Lipinski definition) is 2. The molecule has 6 heteroatoms. The topological polar surface area (TPSA) is 84.2 Å². The number of aryl methyl sites for hydroxylation is 1. The highest BCUT2D eigenvalue weighted by Gasteiger charge is 2.22. The van der Waals surface area contributed by atoms with Gasteiger partial charge < -0.3 is 10.4 Å². The Balaban J connectivity index is 2.93. The molecule has 0 aromatic carbocycles. The van der Waals surface area contributed by atoms with Crippen LogP contribution in [0.15, 0.2) is 6.07 Å². The van der Waals surface area contributed by atoms with E-state index in [1.165, 1.54) is 0 Å². The van der Waals surface area contributed by atoms with Crippen LogP contribution in [0.3, 0.4) is 0 Å². The Morgan fingerprint density at radius 3 is 2.50 bits per heavy atom. The molecule has 0 aliphatic carbocycles. The first-order valence-corrected chi connectivity index (χ1v) is 7.02. The predicted molar refractivity (Wildman–Crippen MR) is 75.8 cm³/mol. The number of amides is 1. The molecule has 0 spiro atoms. The van der Waals surface area contributed by atoms with Crippen LogP contribution in [0.2, 0.25) is 0 Å². The molecule has 1 atom stereocenters. The van der Waals surface area contributed by atoms with Crippen LogP contribution >= 0.6 is 0 Å². The largest absolute Gasteiger partial charge is 0.480 e. The molecule has 1 rings (SSSR count). The highest BCUT2D eigenvalue weighted by atomic mass is 16.4. The summed E-state index contributed by atoms with van der Waals surface area (Å²) in [4.78, 5) is 23.3. The van der Waals surface area contributed by atoms with Crippen LogP contribution < -0.4 is 5.32 Å². The van der Waals surface area contributed by atoms with Crippen molar-refractivity contribution >= 4 is 11.9 Å². The standard InChI is InChI=1S/C14H23N3O3/c1-5-7-10(14(19)20)15-13(18)12-8-11(9(3)4)16-17(12)6-2/h8-10H,5-7H2,1-4H3,(H,15,18)(H,19,20)/t10-/m1/s1. The number of rotatable bonds is 7. The van der Waals surface area contributed by atoms with Crippen LogP contribution in [0.5, 0.6) is 0 Å². The van der Waals surface area contributed by atoms with Gasteiger partial charge in [0.1, 0.15) is 11.7 Å². The van der Waals surface area contributed by atoms with Crippen molar-refractivity contribution in [2.24, 2.45) is 0 Å². The van der Waals surface area contributed by atoms with Crippen molar-refractivity contribution < 1.29 is 14.7 Å². The smallest absolute Gasteiger partial charge is 0.326 e. The Labute approximate surface area is 119 Å². The van der Waals surface area contributed by atoms with E-state index in [0.29, 0.717) is 25.1 Å². The van der Waals surface area contributed by atoms with Gasteiger partial charge in [-0.1, -0.05) is 27.2 Å². The highest BCUT2D eigenvalue weighted by molar-refractivity contribution is 5.95. The van der Waals surface area contributed by atoms with Crippen LogP contribution in [-0.4, -0.2) is 32.8 Å². The lowest BCUT2D eigenvalue weighted by Crippen LogP contribution is -2.41. The molecule has 6 nitrogen and oxygen atoms in total. The van der Waals surface area contributed by atoms with E-state index in [1.54, 1.807) is 10.7 Å². The number of carbonyl (C=O) groups is 2. The summed E-state index contributed by atoms with van der Waals surface area (Å²) < 4.78 is 1.61. The second kappa shape index (κ2) is 7.07. The lowest BCUT2D eigenvalue weighted by atomic mass is 10.1. The van der Waals surface area contributed by atoms with Gasteiger partial charge in [-0.2, -0.15) is 5.10 Å². The molecule has 0 unspecified atom stereocenters. The summed E-state index contributed by atoms with van der Waals surface area (Å²) in [5.74, 6) is -1.17. The minimum absolute atomic E-state index is 0.222. The lowest BCUT2D eigenvalue weighted by molar-refractivity contribution is -0.139. The van der Waals surface area contributed by atoms with E-state index < -0.39 is 12.0 Å². The number of nitrogens with zero attached hydrogens (tertiary/aromatic N) is 2. The van der Waals surface area contributed by atoms with Crippen molar-refractivity contribution in [1.82, 2.24) is 15.1 Å². The van der Waals surface area contributed by atoms with E-state index in [2.05, 4.69) is 10.4 Å². The van der Waals surface area contributed by atoms with E-state index in [9.17, 15) is 9.59 Å². The van der Waals surface area contributed by atoms with Gasteiger partial charge in [0.15, 0.2) is 0 Å². The predicted octanol–water partition coefficient (Wildman–Crippen LogP) is 2.01. The maximum Gasteiger partial charge on any atom is 0.326 e. The van der Waals surface area contributed by atoms with Crippen LogP contribution in [-0.2, 0) is 11.3 Å². The molecule has 0 bridgehead atoms. The molecular weight excluding hydrogens is 258 g/mol. The summed E-state index contributed by atoms with van der Waals surface area (Å²) in [5, 5.41) is 16.0. The summed E-state index contributed by atoms with van der Waals surface area (Å²) in [5.41, 5.74) is 1.25. The Morgan fingerprint density at radius 1 is 1.40 bits per heavy atom. The summed E-state index contributed by atoms with van der Waals surface area (Å²) in [6.45, 7) is 8.35. The third-order valence-electron chi connectivity index (χ3n) is 3.10. The number of aliphatic carboxylic acids is 1. The number of carboxylic acids is 1. The number of nitrogens with one attached hydrogen (secondary N) is 1. The normalized spacial score (nSPS) is 12.4. The van der Waals surface area contributed by atoms with E-state index in [0.717, 1.165) is 5.69 Å². The zero-order valence-electron chi connectivity index (χ0n) is 12.5. The van der Waals surface area contributed by atoms with Crippen molar-refractivity contribution in [2.75, 3.05) is 0 Å². The van der Waals surface area contributed by atoms with Gasteiger partial charge in [-0.3, -0.25) is 9.48 Å². The zero-order chi connectivity index (χ0) is 15.3. The molecule has 20 heavy (non-hydrogen) atoms. The fraction of sp³-hybridized carbons (Fsp3) is 0.643. The van der Waals surface area contributed by atoms with E-state index in [-0.39, 0.29) is 11.8 Å². The number of carbonyl (C=O) groups excluding carboxylic acids is 1. The van der Waals surface area contributed by atoms with Gasteiger partial charge in [0.05, 0.1) is 5.69 Å². The van der Waals surface area contributed by atoms with Gasteiger partial charge in [0.25, 0.3) is 5.91 Å². The fourth-order valence-corrected chi connectivity index (χ4v) is 1.92. The molecule has 1 aromatic heterocycles. The van der Waals surface area contributed by atoms with E-state index in [4.69, 9.17) is 5.11 Å². The van der Waals surface area contributed by atoms with Crippen LogP contribution in [0.1, 0.15) is 62.6 Å². The Morgan fingerprint density at radius 2 is 2.05 bits per heavy atom. The molecule has 2 N–H and O–H groups in total. The highest BCUT2D eigenvalue weighted by Crippen LogP contribution is 2.15. The van der Waals surface area contributed by atoms with Gasteiger partial charge in [0.2, 0.25) is 0 Å².